The Morgan fingerprint density at radius 3 is 2.52 bits per heavy atom. The van der Waals surface area contributed by atoms with E-state index in [1.54, 1.807) is 19.2 Å². The first-order valence-electron chi connectivity index (χ1n) is 10.0. The number of carbonyl (C=O) groups excluding carboxylic acids is 2. The number of methoxy groups -OCH3 is 1. The largest absolute Gasteiger partial charge is 0.489 e. The summed E-state index contributed by atoms with van der Waals surface area (Å²) in [4.78, 5) is 22.7. The Morgan fingerprint density at radius 2 is 1.87 bits per heavy atom. The molecular formula is C22H29FN4O4. The van der Waals surface area contributed by atoms with Crippen molar-refractivity contribution < 1.29 is 23.5 Å². The standard InChI is InChI=1S/C22H29FN4O4/c1-30-11-4-12-31-21-19(26-9-2-3-10-28)17(22(25)29)13-18(24)20(21)27-14-15-5-7-16(23)8-6-15/h5-8,10,13,26-27H,2-4,9,11-12,14,24H2,1H3,(H2,25,29). The van der Waals surface area contributed by atoms with Crippen molar-refractivity contribution in [2.45, 2.75) is 25.8 Å². The summed E-state index contributed by atoms with van der Waals surface area (Å²) in [6.07, 6.45) is 2.41. The third-order valence-electron chi connectivity index (χ3n) is 4.50. The van der Waals surface area contributed by atoms with Crippen molar-refractivity contribution in [3.8, 4) is 5.75 Å². The number of anilines is 3. The van der Waals surface area contributed by atoms with Gasteiger partial charge in [-0.3, -0.25) is 4.79 Å². The summed E-state index contributed by atoms with van der Waals surface area (Å²) in [5.74, 6) is -0.618. The van der Waals surface area contributed by atoms with Gasteiger partial charge in [0.25, 0.3) is 5.91 Å². The zero-order valence-corrected chi connectivity index (χ0v) is 17.6. The van der Waals surface area contributed by atoms with Crippen molar-refractivity contribution in [2.24, 2.45) is 5.73 Å². The molecule has 0 saturated heterocycles. The first-order chi connectivity index (χ1) is 15.0. The molecule has 0 fully saturated rings. The smallest absolute Gasteiger partial charge is 0.251 e. The lowest BCUT2D eigenvalue weighted by molar-refractivity contribution is -0.107. The van der Waals surface area contributed by atoms with E-state index < -0.39 is 5.91 Å². The highest BCUT2D eigenvalue weighted by Crippen LogP contribution is 2.41. The Morgan fingerprint density at radius 1 is 1.13 bits per heavy atom. The number of halogens is 1. The third kappa shape index (κ3) is 7.14. The van der Waals surface area contributed by atoms with E-state index >= 15 is 0 Å². The van der Waals surface area contributed by atoms with Gasteiger partial charge in [0.2, 0.25) is 0 Å². The maximum atomic E-state index is 13.2. The van der Waals surface area contributed by atoms with E-state index in [9.17, 15) is 14.0 Å². The first kappa shape index (κ1) is 23.9. The van der Waals surface area contributed by atoms with Gasteiger partial charge in [-0.1, -0.05) is 12.1 Å². The van der Waals surface area contributed by atoms with E-state index in [4.69, 9.17) is 20.9 Å². The van der Waals surface area contributed by atoms with Gasteiger partial charge in [-0.05, 0) is 30.2 Å². The van der Waals surface area contributed by atoms with Crippen molar-refractivity contribution in [2.75, 3.05) is 43.2 Å². The number of primary amides is 1. The van der Waals surface area contributed by atoms with Crippen LogP contribution in [0, 0.1) is 5.82 Å². The van der Waals surface area contributed by atoms with E-state index in [1.807, 2.05) is 0 Å². The number of amides is 1. The van der Waals surface area contributed by atoms with Crippen LogP contribution in [0.5, 0.6) is 5.75 Å². The van der Waals surface area contributed by atoms with E-state index in [2.05, 4.69) is 10.6 Å². The predicted octanol–water partition coefficient (Wildman–Crippen LogP) is 2.93. The molecule has 0 saturated carbocycles. The summed E-state index contributed by atoms with van der Waals surface area (Å²) in [5, 5.41) is 6.37. The molecule has 2 aromatic carbocycles. The van der Waals surface area contributed by atoms with Crippen LogP contribution in [0.4, 0.5) is 21.5 Å². The van der Waals surface area contributed by atoms with Gasteiger partial charge >= 0.3 is 0 Å². The molecule has 2 aromatic rings. The molecule has 0 heterocycles. The topological polar surface area (TPSA) is 129 Å². The fraction of sp³-hybridized carbons (Fsp3) is 0.364. The molecule has 0 spiro atoms. The van der Waals surface area contributed by atoms with Crippen molar-refractivity contribution in [3.63, 3.8) is 0 Å². The third-order valence-corrected chi connectivity index (χ3v) is 4.50. The molecule has 0 bridgehead atoms. The summed E-state index contributed by atoms with van der Waals surface area (Å²) in [5.41, 5.74) is 14.0. The number of benzene rings is 2. The Labute approximate surface area is 181 Å². The average molecular weight is 432 g/mol. The molecule has 0 unspecified atom stereocenters. The second-order valence-electron chi connectivity index (χ2n) is 6.87. The Bertz CT molecular complexity index is 875. The molecule has 1 amide bonds. The monoisotopic (exact) mass is 432 g/mol. The number of aldehydes is 1. The lowest BCUT2D eigenvalue weighted by Crippen LogP contribution is -2.18. The Kier molecular flexibility index (Phi) is 9.57. The van der Waals surface area contributed by atoms with Crippen molar-refractivity contribution in [1.82, 2.24) is 0 Å². The molecular weight excluding hydrogens is 403 g/mol. The minimum atomic E-state index is -0.656. The molecule has 8 nitrogen and oxygen atoms in total. The van der Waals surface area contributed by atoms with Crippen LogP contribution in [-0.4, -0.2) is 39.1 Å². The fourth-order valence-corrected chi connectivity index (χ4v) is 2.94. The number of nitrogens with two attached hydrogens (primary N) is 2. The number of ether oxygens (including phenoxy) is 2. The molecule has 0 radical (unpaired) electrons. The molecule has 0 aromatic heterocycles. The summed E-state index contributed by atoms with van der Waals surface area (Å²) >= 11 is 0. The molecule has 2 rings (SSSR count). The number of hydrogen-bond donors (Lipinski definition) is 4. The van der Waals surface area contributed by atoms with E-state index in [1.165, 1.54) is 18.2 Å². The number of nitrogen functional groups attached to an aromatic ring is 1. The second-order valence-corrected chi connectivity index (χ2v) is 6.87. The highest BCUT2D eigenvalue weighted by Gasteiger charge is 2.21. The van der Waals surface area contributed by atoms with Gasteiger partial charge in [0.05, 0.1) is 23.5 Å². The minimum absolute atomic E-state index is 0.192. The van der Waals surface area contributed by atoms with Crippen molar-refractivity contribution in [1.29, 1.82) is 0 Å². The van der Waals surface area contributed by atoms with Crippen LogP contribution in [0.2, 0.25) is 0 Å². The minimum Gasteiger partial charge on any atom is -0.489 e. The normalized spacial score (nSPS) is 10.5. The molecule has 168 valence electrons. The predicted molar refractivity (Wildman–Crippen MR) is 119 cm³/mol. The Balaban J connectivity index is 2.37. The van der Waals surface area contributed by atoms with Crippen LogP contribution < -0.4 is 26.8 Å². The van der Waals surface area contributed by atoms with E-state index in [0.29, 0.717) is 62.7 Å². The summed E-state index contributed by atoms with van der Waals surface area (Å²) in [6.45, 7) is 1.63. The molecule has 9 heteroatoms. The van der Waals surface area contributed by atoms with Crippen molar-refractivity contribution in [3.05, 3.63) is 47.3 Å². The van der Waals surface area contributed by atoms with Gasteiger partial charge in [0.15, 0.2) is 5.75 Å². The quantitative estimate of drug-likeness (QED) is 0.205. The summed E-state index contributed by atoms with van der Waals surface area (Å²) in [6, 6.07) is 7.55. The van der Waals surface area contributed by atoms with Gasteiger partial charge in [-0.2, -0.15) is 0 Å². The average Bonchev–Trinajstić information content (AvgIpc) is 2.75. The van der Waals surface area contributed by atoms with Gasteiger partial charge in [0, 0.05) is 39.6 Å². The van der Waals surface area contributed by atoms with Crippen LogP contribution in [0.3, 0.4) is 0 Å². The maximum Gasteiger partial charge on any atom is 0.251 e. The van der Waals surface area contributed by atoms with Crippen LogP contribution in [0.15, 0.2) is 30.3 Å². The van der Waals surface area contributed by atoms with Gasteiger partial charge in [-0.15, -0.1) is 0 Å². The first-order valence-corrected chi connectivity index (χ1v) is 10.0. The highest BCUT2D eigenvalue weighted by atomic mass is 19.1. The molecule has 0 aliphatic carbocycles. The van der Waals surface area contributed by atoms with Crippen molar-refractivity contribution >= 4 is 29.3 Å². The van der Waals surface area contributed by atoms with Gasteiger partial charge in [0.1, 0.15) is 17.8 Å². The SMILES string of the molecule is COCCCOc1c(NCc2ccc(F)cc2)c(N)cc(C(N)=O)c1NCCCC=O. The summed E-state index contributed by atoms with van der Waals surface area (Å²) in [7, 11) is 1.60. The number of nitrogens with one attached hydrogen (secondary N) is 2. The van der Waals surface area contributed by atoms with Crippen LogP contribution in [0.1, 0.15) is 35.2 Å². The lowest BCUT2D eigenvalue weighted by atomic mass is 10.1. The number of hydrogen-bond acceptors (Lipinski definition) is 7. The number of rotatable bonds is 14. The fourth-order valence-electron chi connectivity index (χ4n) is 2.94. The second kappa shape index (κ2) is 12.4. The molecule has 0 aliphatic rings. The highest BCUT2D eigenvalue weighted by molar-refractivity contribution is 6.04. The van der Waals surface area contributed by atoms with Crippen LogP contribution in [-0.2, 0) is 16.1 Å². The maximum absolute atomic E-state index is 13.2. The van der Waals surface area contributed by atoms with Crippen LogP contribution >= 0.6 is 0 Å². The lowest BCUT2D eigenvalue weighted by Gasteiger charge is -2.22. The summed E-state index contributed by atoms with van der Waals surface area (Å²) < 4.78 is 24.2. The van der Waals surface area contributed by atoms with Gasteiger partial charge in [-0.25, -0.2) is 4.39 Å². The number of carbonyl (C=O) groups is 2. The zero-order valence-electron chi connectivity index (χ0n) is 17.6. The molecule has 31 heavy (non-hydrogen) atoms. The zero-order chi connectivity index (χ0) is 22.6. The van der Waals surface area contributed by atoms with Gasteiger partial charge < -0.3 is 36.4 Å². The van der Waals surface area contributed by atoms with E-state index in [-0.39, 0.29) is 17.1 Å². The van der Waals surface area contributed by atoms with E-state index in [0.717, 1.165) is 11.8 Å². The molecule has 0 aliphatic heterocycles. The molecule has 0 atom stereocenters. The molecule has 6 N–H and O–H groups in total. The Hall–Kier alpha value is -3.33. The van der Waals surface area contributed by atoms with Crippen LogP contribution in [0.25, 0.3) is 0 Å². The number of unbranched alkanes of at least 4 members (excludes halogenated alkanes) is 1.